The SMILES string of the molecule is CC1(C)CC[C@]2(C(=O)O)CC[C@]3(C)C(=CC[C@@H]4[C@@]5(C)CC[C@H](O[C@@H]6O[C@H](C(=O)O)[C@@H](O[C@@H]7O[C@H](CO)[C@@H](O)[C@H](O)[C@H]7O)[C@H](O)[C@H]6O)C(C)(C)[C@@H]5CC[C@]43C)[C@@H]2C1. The quantitative estimate of drug-likeness (QED) is 0.137. The van der Waals surface area contributed by atoms with Gasteiger partial charge in [-0.2, -0.15) is 0 Å². The molecule has 318 valence electrons. The van der Waals surface area contributed by atoms with Crippen LogP contribution in [0.1, 0.15) is 113 Å². The van der Waals surface area contributed by atoms with E-state index < -0.39 is 96.9 Å². The molecule has 14 heteroatoms. The third kappa shape index (κ3) is 6.17. The number of aliphatic hydroxyl groups is 6. The molecule has 0 spiro atoms. The van der Waals surface area contributed by atoms with Crippen molar-refractivity contribution in [3.63, 3.8) is 0 Å². The highest BCUT2D eigenvalue weighted by molar-refractivity contribution is 5.76. The normalized spacial score (nSPS) is 52.3. The molecular formula is C42H66O14. The highest BCUT2D eigenvalue weighted by atomic mass is 16.7. The van der Waals surface area contributed by atoms with Crippen molar-refractivity contribution in [1.29, 1.82) is 0 Å². The average Bonchev–Trinajstić information content (AvgIpc) is 3.12. The van der Waals surface area contributed by atoms with Gasteiger partial charge < -0.3 is 59.8 Å². The molecule has 7 aliphatic rings. The maximum absolute atomic E-state index is 13.0. The standard InChI is InChI=1S/C42H66O14/c1-37(2)14-16-42(36(51)52)17-15-40(6)20(21(42)18-37)8-9-24-39(5)12-11-25(38(3,4)23(39)10-13-41(24,40)7)54-35-30(48)28(46)31(32(56-35)33(49)50)55-34-29(47)27(45)26(44)22(19-43)53-34/h8,21-32,34-35,43-48H,9-19H2,1-7H3,(H,49,50)(H,51,52)/t21-,22+,23-,24+,25-,26+,27-,28+,29+,30+,31-,32-,34-,35+,39-,40+,41+,42-/m0/s1. The molecule has 6 fully saturated rings. The number of ether oxygens (including phenoxy) is 4. The number of fused-ring (bicyclic) bond motifs is 7. The van der Waals surface area contributed by atoms with E-state index in [-0.39, 0.29) is 33.5 Å². The van der Waals surface area contributed by atoms with Gasteiger partial charge in [0.25, 0.3) is 0 Å². The molecule has 0 aromatic rings. The van der Waals surface area contributed by atoms with Gasteiger partial charge >= 0.3 is 11.9 Å². The Morgan fingerprint density at radius 3 is 2.04 bits per heavy atom. The van der Waals surface area contributed by atoms with Crippen LogP contribution in [0.4, 0.5) is 0 Å². The predicted octanol–water partition coefficient (Wildman–Crippen LogP) is 2.97. The lowest BCUT2D eigenvalue weighted by atomic mass is 9.33. The van der Waals surface area contributed by atoms with Crippen LogP contribution >= 0.6 is 0 Å². The van der Waals surface area contributed by atoms with E-state index in [2.05, 4.69) is 54.5 Å². The van der Waals surface area contributed by atoms with Crippen molar-refractivity contribution in [2.45, 2.75) is 180 Å². The topological polar surface area (TPSA) is 233 Å². The number of aliphatic carboxylic acids is 2. The molecule has 14 nitrogen and oxygen atoms in total. The summed E-state index contributed by atoms with van der Waals surface area (Å²) in [5, 5.41) is 83.9. The maximum Gasteiger partial charge on any atom is 0.335 e. The first-order valence-electron chi connectivity index (χ1n) is 20.8. The Labute approximate surface area is 329 Å². The monoisotopic (exact) mass is 794 g/mol. The zero-order chi connectivity index (χ0) is 41.1. The van der Waals surface area contributed by atoms with Crippen LogP contribution in [0.3, 0.4) is 0 Å². The molecule has 56 heavy (non-hydrogen) atoms. The molecule has 0 aromatic carbocycles. The van der Waals surface area contributed by atoms with Gasteiger partial charge in [-0.25, -0.2) is 4.79 Å². The first kappa shape index (κ1) is 42.4. The van der Waals surface area contributed by atoms with Crippen molar-refractivity contribution in [3.05, 3.63) is 11.6 Å². The molecular weight excluding hydrogens is 728 g/mol. The Morgan fingerprint density at radius 2 is 1.39 bits per heavy atom. The van der Waals surface area contributed by atoms with E-state index in [1.807, 2.05) is 0 Å². The smallest absolute Gasteiger partial charge is 0.335 e. The second-order valence-electron chi connectivity index (χ2n) is 20.7. The molecule has 0 unspecified atom stereocenters. The van der Waals surface area contributed by atoms with Crippen LogP contribution in [0.15, 0.2) is 11.6 Å². The minimum Gasteiger partial charge on any atom is -0.481 e. The Bertz CT molecular complexity index is 1560. The number of rotatable bonds is 7. The zero-order valence-electron chi connectivity index (χ0n) is 34.0. The summed E-state index contributed by atoms with van der Waals surface area (Å²) < 4.78 is 23.3. The number of carboxylic acid groups (broad SMARTS) is 2. The molecule has 7 rings (SSSR count). The van der Waals surface area contributed by atoms with Crippen LogP contribution in [0.25, 0.3) is 0 Å². The van der Waals surface area contributed by atoms with Gasteiger partial charge in [-0.05, 0) is 109 Å². The highest BCUT2D eigenvalue weighted by Gasteiger charge is 2.69. The van der Waals surface area contributed by atoms with Crippen LogP contribution in [-0.2, 0) is 28.5 Å². The van der Waals surface area contributed by atoms with E-state index >= 15 is 0 Å². The second kappa shape index (κ2) is 14.2. The molecule has 0 bridgehead atoms. The highest BCUT2D eigenvalue weighted by Crippen LogP contribution is 2.76. The van der Waals surface area contributed by atoms with E-state index in [4.69, 9.17) is 18.9 Å². The van der Waals surface area contributed by atoms with E-state index in [1.54, 1.807) is 0 Å². The molecule has 0 amide bonds. The molecule has 5 aliphatic carbocycles. The molecule has 0 aromatic heterocycles. The maximum atomic E-state index is 13.0. The van der Waals surface area contributed by atoms with Crippen molar-refractivity contribution < 1.29 is 69.4 Å². The Balaban J connectivity index is 1.10. The zero-order valence-corrected chi connectivity index (χ0v) is 34.0. The molecule has 2 heterocycles. The number of allylic oxidation sites excluding steroid dienone is 2. The van der Waals surface area contributed by atoms with Crippen molar-refractivity contribution in [3.8, 4) is 0 Å². The van der Waals surface area contributed by atoms with Crippen LogP contribution in [-0.4, -0.2) is 127 Å². The number of hydrogen-bond acceptors (Lipinski definition) is 12. The van der Waals surface area contributed by atoms with E-state index in [1.165, 1.54) is 5.57 Å². The van der Waals surface area contributed by atoms with Crippen molar-refractivity contribution >= 4 is 11.9 Å². The fraction of sp³-hybridized carbons (Fsp3) is 0.905. The molecule has 2 aliphatic heterocycles. The lowest BCUT2D eigenvalue weighted by molar-refractivity contribution is -0.363. The molecule has 4 saturated carbocycles. The third-order valence-corrected chi connectivity index (χ3v) is 17.2. The fourth-order valence-electron chi connectivity index (χ4n) is 13.6. The summed E-state index contributed by atoms with van der Waals surface area (Å²) in [5.41, 5.74) is 0.0426. The van der Waals surface area contributed by atoms with Gasteiger partial charge in [0, 0.05) is 0 Å². The van der Waals surface area contributed by atoms with Crippen molar-refractivity contribution in [1.82, 2.24) is 0 Å². The summed E-state index contributed by atoms with van der Waals surface area (Å²) in [6.07, 6.45) is -6.96. The fourth-order valence-corrected chi connectivity index (χ4v) is 13.6. The molecule has 2 saturated heterocycles. The lowest BCUT2D eigenvalue weighted by Crippen LogP contribution is -2.67. The summed E-state index contributed by atoms with van der Waals surface area (Å²) >= 11 is 0. The Hall–Kier alpha value is -1.72. The van der Waals surface area contributed by atoms with Gasteiger partial charge in [0.05, 0.1) is 18.1 Å². The van der Waals surface area contributed by atoms with Crippen LogP contribution in [0.5, 0.6) is 0 Å². The first-order chi connectivity index (χ1) is 26.0. The molecule has 8 N–H and O–H groups in total. The molecule has 18 atom stereocenters. The first-order valence-corrected chi connectivity index (χ1v) is 20.8. The van der Waals surface area contributed by atoms with E-state index in [0.29, 0.717) is 18.8 Å². The average molecular weight is 795 g/mol. The minimum absolute atomic E-state index is 0.0282. The second-order valence-corrected chi connectivity index (χ2v) is 20.7. The van der Waals surface area contributed by atoms with Gasteiger partial charge in [-0.1, -0.05) is 60.1 Å². The predicted molar refractivity (Wildman–Crippen MR) is 198 cm³/mol. The number of hydrogen-bond donors (Lipinski definition) is 8. The summed E-state index contributed by atoms with van der Waals surface area (Å²) in [7, 11) is 0. The summed E-state index contributed by atoms with van der Waals surface area (Å²) in [4.78, 5) is 25.5. The number of carboxylic acids is 2. The van der Waals surface area contributed by atoms with Gasteiger partial charge in [-0.15, -0.1) is 0 Å². The lowest BCUT2D eigenvalue weighted by Gasteiger charge is -2.71. The summed E-state index contributed by atoms with van der Waals surface area (Å²) in [6, 6.07) is 0. The molecule has 0 radical (unpaired) electrons. The summed E-state index contributed by atoms with van der Waals surface area (Å²) in [6.45, 7) is 15.4. The minimum atomic E-state index is -1.87. The number of aliphatic hydroxyl groups excluding tert-OH is 6. The van der Waals surface area contributed by atoms with Crippen molar-refractivity contribution in [2.24, 2.45) is 50.2 Å². The van der Waals surface area contributed by atoms with Crippen LogP contribution in [0, 0.1) is 50.2 Å². The van der Waals surface area contributed by atoms with E-state index in [0.717, 1.165) is 51.4 Å². The van der Waals surface area contributed by atoms with Gasteiger partial charge in [0.1, 0.15) is 42.7 Å². The van der Waals surface area contributed by atoms with E-state index in [9.17, 15) is 50.4 Å². The van der Waals surface area contributed by atoms with Gasteiger partial charge in [0.2, 0.25) is 0 Å². The number of carbonyl (C=O) groups is 2. The summed E-state index contributed by atoms with van der Waals surface area (Å²) in [5.74, 6) is -1.61. The Kier molecular flexibility index (Phi) is 10.8. The third-order valence-electron chi connectivity index (χ3n) is 17.2. The van der Waals surface area contributed by atoms with Crippen LogP contribution < -0.4 is 0 Å². The van der Waals surface area contributed by atoms with Gasteiger partial charge in [-0.3, -0.25) is 4.79 Å². The Morgan fingerprint density at radius 1 is 0.750 bits per heavy atom. The van der Waals surface area contributed by atoms with Crippen LogP contribution in [0.2, 0.25) is 0 Å². The van der Waals surface area contributed by atoms with Crippen molar-refractivity contribution in [2.75, 3.05) is 6.61 Å². The van der Waals surface area contributed by atoms with Gasteiger partial charge in [0.15, 0.2) is 18.7 Å². The largest absolute Gasteiger partial charge is 0.481 e.